The molecule has 0 atom stereocenters. The lowest BCUT2D eigenvalue weighted by atomic mass is 10.1. The first-order valence-corrected chi connectivity index (χ1v) is 16.5. The van der Waals surface area contributed by atoms with Gasteiger partial charge < -0.3 is 0 Å². The van der Waals surface area contributed by atoms with Crippen molar-refractivity contribution in [2.75, 3.05) is 0 Å². The number of thiophene rings is 2. The highest BCUT2D eigenvalue weighted by Gasteiger charge is 2.20. The van der Waals surface area contributed by atoms with Crippen molar-refractivity contribution in [1.82, 2.24) is 19.5 Å². The van der Waals surface area contributed by atoms with E-state index < -0.39 is 0 Å². The van der Waals surface area contributed by atoms with E-state index in [0.29, 0.717) is 17.6 Å². The number of hydrogen-bond acceptors (Lipinski definition) is 5. The minimum atomic E-state index is 0.613. The van der Waals surface area contributed by atoms with Crippen LogP contribution in [0.3, 0.4) is 0 Å². The molecule has 0 amide bonds. The number of aromatic nitrogens is 4. The quantitative estimate of drug-likeness (QED) is 0.200. The van der Waals surface area contributed by atoms with E-state index in [4.69, 9.17) is 15.0 Å². The maximum Gasteiger partial charge on any atom is 0.238 e. The number of benzene rings is 6. The molecule has 0 saturated heterocycles. The summed E-state index contributed by atoms with van der Waals surface area (Å²) in [7, 11) is 0. The standard InChI is InChI=1S/C39H22N4S2/c1-2-10-23(11-3-1)37-40-38(24-18-19-27-25-12-5-8-16-32(25)44-34(27)22-24)42-39(41-37)43-30-15-7-4-14-29(30)35-31(43)21-20-28-26-13-6-9-17-33(26)45-36(28)35/h1-22H. The van der Waals surface area contributed by atoms with Crippen LogP contribution in [0.2, 0.25) is 0 Å². The van der Waals surface area contributed by atoms with Crippen molar-refractivity contribution >= 4 is 84.8 Å². The van der Waals surface area contributed by atoms with Crippen molar-refractivity contribution in [3.8, 4) is 28.7 Å². The Morgan fingerprint density at radius 2 is 1.04 bits per heavy atom. The second kappa shape index (κ2) is 9.53. The van der Waals surface area contributed by atoms with Gasteiger partial charge in [-0.3, -0.25) is 4.57 Å². The minimum absolute atomic E-state index is 0.613. The van der Waals surface area contributed by atoms with E-state index in [-0.39, 0.29) is 0 Å². The van der Waals surface area contributed by atoms with Crippen molar-refractivity contribution in [3.05, 3.63) is 133 Å². The zero-order valence-electron chi connectivity index (χ0n) is 23.8. The van der Waals surface area contributed by atoms with Gasteiger partial charge in [-0.2, -0.15) is 9.97 Å². The first-order chi connectivity index (χ1) is 22.3. The molecule has 4 aromatic heterocycles. The van der Waals surface area contributed by atoms with Crippen LogP contribution in [0.25, 0.3) is 90.9 Å². The zero-order valence-corrected chi connectivity index (χ0v) is 25.4. The van der Waals surface area contributed by atoms with Crippen molar-refractivity contribution in [2.24, 2.45) is 0 Å². The number of hydrogen-bond donors (Lipinski definition) is 0. The Bertz CT molecular complexity index is 2770. The smallest absolute Gasteiger partial charge is 0.238 e. The Morgan fingerprint density at radius 1 is 0.422 bits per heavy atom. The number of rotatable bonds is 3. The molecule has 45 heavy (non-hydrogen) atoms. The van der Waals surface area contributed by atoms with Crippen molar-refractivity contribution in [3.63, 3.8) is 0 Å². The molecule has 0 aliphatic heterocycles. The molecule has 10 rings (SSSR count). The normalized spacial score (nSPS) is 12.0. The zero-order chi connectivity index (χ0) is 29.5. The van der Waals surface area contributed by atoms with Crippen LogP contribution < -0.4 is 0 Å². The lowest BCUT2D eigenvalue weighted by Gasteiger charge is -2.11. The Hall–Kier alpha value is -5.43. The van der Waals surface area contributed by atoms with Gasteiger partial charge in [0, 0.05) is 62.2 Å². The summed E-state index contributed by atoms with van der Waals surface area (Å²) >= 11 is 3.66. The van der Waals surface area contributed by atoms with E-state index in [1.165, 1.54) is 51.1 Å². The first kappa shape index (κ1) is 25.0. The second-order valence-electron chi connectivity index (χ2n) is 11.2. The summed E-state index contributed by atoms with van der Waals surface area (Å²) < 4.78 is 7.30. The van der Waals surface area contributed by atoms with E-state index in [2.05, 4.69) is 120 Å². The molecule has 0 radical (unpaired) electrons. The van der Waals surface area contributed by atoms with E-state index >= 15 is 0 Å². The lowest BCUT2D eigenvalue weighted by molar-refractivity contribution is 0.954. The minimum Gasteiger partial charge on any atom is -0.278 e. The van der Waals surface area contributed by atoms with Crippen LogP contribution in [0.15, 0.2) is 133 Å². The summed E-state index contributed by atoms with van der Waals surface area (Å²) in [5.41, 5.74) is 4.10. The molecule has 0 fully saturated rings. The van der Waals surface area contributed by atoms with Gasteiger partial charge in [-0.05, 0) is 30.3 Å². The van der Waals surface area contributed by atoms with Gasteiger partial charge in [0.2, 0.25) is 5.95 Å². The summed E-state index contributed by atoms with van der Waals surface area (Å²) in [4.78, 5) is 15.4. The van der Waals surface area contributed by atoms with Crippen LogP contribution >= 0.6 is 22.7 Å². The second-order valence-corrected chi connectivity index (χ2v) is 13.4. The maximum absolute atomic E-state index is 5.20. The number of nitrogens with zero attached hydrogens (tertiary/aromatic N) is 4. The molecule has 0 bridgehead atoms. The molecular weight excluding hydrogens is 589 g/mol. The fraction of sp³-hybridized carbons (Fsp3) is 0. The molecule has 4 nitrogen and oxygen atoms in total. The van der Waals surface area contributed by atoms with Crippen LogP contribution in [-0.2, 0) is 0 Å². The van der Waals surface area contributed by atoms with Gasteiger partial charge in [0.15, 0.2) is 11.6 Å². The third-order valence-electron chi connectivity index (χ3n) is 8.67. The molecule has 210 valence electrons. The highest BCUT2D eigenvalue weighted by atomic mass is 32.1. The summed E-state index contributed by atoms with van der Waals surface area (Å²) in [6.07, 6.45) is 0. The van der Waals surface area contributed by atoms with Gasteiger partial charge in [0.25, 0.3) is 0 Å². The monoisotopic (exact) mass is 610 g/mol. The molecule has 0 N–H and O–H groups in total. The fourth-order valence-electron chi connectivity index (χ4n) is 6.63. The topological polar surface area (TPSA) is 43.6 Å². The number of para-hydroxylation sites is 1. The Morgan fingerprint density at radius 3 is 1.87 bits per heavy atom. The molecule has 0 spiro atoms. The van der Waals surface area contributed by atoms with Gasteiger partial charge in [-0.15, -0.1) is 22.7 Å². The molecular formula is C39H22N4S2. The lowest BCUT2D eigenvalue weighted by Crippen LogP contribution is -2.06. The first-order valence-electron chi connectivity index (χ1n) is 14.9. The maximum atomic E-state index is 5.20. The van der Waals surface area contributed by atoms with E-state index in [0.717, 1.165) is 22.2 Å². The summed E-state index contributed by atoms with van der Waals surface area (Å²) in [5.74, 6) is 1.93. The van der Waals surface area contributed by atoms with Crippen LogP contribution in [0, 0.1) is 0 Å². The molecule has 0 unspecified atom stereocenters. The Kier molecular flexibility index (Phi) is 5.29. The highest BCUT2D eigenvalue weighted by Crippen LogP contribution is 2.43. The summed E-state index contributed by atoms with van der Waals surface area (Å²) in [6.45, 7) is 0. The van der Waals surface area contributed by atoms with Crippen LogP contribution in [0.4, 0.5) is 0 Å². The van der Waals surface area contributed by atoms with E-state index in [1.54, 1.807) is 11.3 Å². The van der Waals surface area contributed by atoms with Crippen molar-refractivity contribution < 1.29 is 0 Å². The summed E-state index contributed by atoms with van der Waals surface area (Å²) in [6, 6.07) is 47.1. The molecule has 6 aromatic carbocycles. The van der Waals surface area contributed by atoms with Crippen molar-refractivity contribution in [2.45, 2.75) is 0 Å². The third kappa shape index (κ3) is 3.73. The average molecular weight is 611 g/mol. The van der Waals surface area contributed by atoms with Gasteiger partial charge in [-0.25, -0.2) is 4.98 Å². The predicted molar refractivity (Wildman–Crippen MR) is 191 cm³/mol. The Labute approximate surface area is 265 Å². The average Bonchev–Trinajstić information content (AvgIpc) is 3.77. The van der Waals surface area contributed by atoms with Crippen LogP contribution in [-0.4, -0.2) is 19.5 Å². The van der Waals surface area contributed by atoms with Crippen molar-refractivity contribution in [1.29, 1.82) is 0 Å². The highest BCUT2D eigenvalue weighted by molar-refractivity contribution is 7.27. The van der Waals surface area contributed by atoms with Gasteiger partial charge >= 0.3 is 0 Å². The van der Waals surface area contributed by atoms with E-state index in [9.17, 15) is 0 Å². The van der Waals surface area contributed by atoms with Crippen LogP contribution in [0.5, 0.6) is 0 Å². The van der Waals surface area contributed by atoms with Gasteiger partial charge in [0.05, 0.1) is 11.0 Å². The fourth-order valence-corrected chi connectivity index (χ4v) is 9.03. The van der Waals surface area contributed by atoms with Crippen LogP contribution in [0.1, 0.15) is 0 Å². The largest absolute Gasteiger partial charge is 0.278 e. The Balaban J connectivity index is 1.27. The predicted octanol–water partition coefficient (Wildman–Crippen LogP) is 11.0. The molecule has 0 aliphatic carbocycles. The molecule has 0 saturated carbocycles. The molecule has 6 heteroatoms. The molecule has 4 heterocycles. The molecule has 10 aromatic rings. The van der Waals surface area contributed by atoms with Gasteiger partial charge in [-0.1, -0.05) is 103 Å². The third-order valence-corrected chi connectivity index (χ3v) is 11.0. The van der Waals surface area contributed by atoms with E-state index in [1.807, 2.05) is 29.5 Å². The van der Waals surface area contributed by atoms with Gasteiger partial charge in [0.1, 0.15) is 0 Å². The molecule has 0 aliphatic rings. The summed E-state index contributed by atoms with van der Waals surface area (Å²) in [5, 5.41) is 7.54. The number of fused-ring (bicyclic) bond motifs is 10. The SMILES string of the molecule is c1ccc(-c2nc(-c3ccc4c(c3)sc3ccccc34)nc(-n3c4ccccc4c4c5sc6ccccc6c5ccc43)n2)cc1.